The molecule has 3 N–H and O–H groups in total. The highest BCUT2D eigenvalue weighted by atomic mass is 16.3. The molecule has 0 amide bonds. The SMILES string of the molecule is CCCNc1ncnc(NC(CC)CO)c1CC. The fourth-order valence-corrected chi connectivity index (χ4v) is 1.74. The van der Waals surface area contributed by atoms with Crippen LogP contribution in [0.1, 0.15) is 39.2 Å². The Labute approximate surface area is 109 Å². The number of anilines is 2. The zero-order chi connectivity index (χ0) is 13.4. The average molecular weight is 252 g/mol. The molecule has 1 aromatic rings. The second-order valence-corrected chi connectivity index (χ2v) is 4.26. The lowest BCUT2D eigenvalue weighted by Crippen LogP contribution is -2.24. The molecule has 0 spiro atoms. The Balaban J connectivity index is 2.89. The Bertz CT molecular complexity index is 353. The van der Waals surface area contributed by atoms with Gasteiger partial charge in [0.15, 0.2) is 0 Å². The van der Waals surface area contributed by atoms with E-state index >= 15 is 0 Å². The van der Waals surface area contributed by atoms with Crippen LogP contribution in [0.25, 0.3) is 0 Å². The maximum atomic E-state index is 9.24. The molecule has 1 heterocycles. The molecule has 0 aliphatic heterocycles. The zero-order valence-corrected chi connectivity index (χ0v) is 11.5. The Kier molecular flexibility index (Phi) is 6.43. The molecule has 1 atom stereocenters. The summed E-state index contributed by atoms with van der Waals surface area (Å²) >= 11 is 0. The molecule has 102 valence electrons. The summed E-state index contributed by atoms with van der Waals surface area (Å²) in [6.45, 7) is 7.26. The second kappa shape index (κ2) is 7.87. The van der Waals surface area contributed by atoms with Crippen LogP contribution in [-0.2, 0) is 6.42 Å². The summed E-state index contributed by atoms with van der Waals surface area (Å²) in [7, 11) is 0. The van der Waals surface area contributed by atoms with E-state index in [1.165, 1.54) is 0 Å². The highest BCUT2D eigenvalue weighted by Crippen LogP contribution is 2.21. The highest BCUT2D eigenvalue weighted by molar-refractivity contribution is 5.57. The van der Waals surface area contributed by atoms with Crippen molar-refractivity contribution in [1.82, 2.24) is 9.97 Å². The highest BCUT2D eigenvalue weighted by Gasteiger charge is 2.12. The molecule has 0 saturated heterocycles. The van der Waals surface area contributed by atoms with E-state index in [2.05, 4.69) is 34.4 Å². The van der Waals surface area contributed by atoms with Gasteiger partial charge in [-0.25, -0.2) is 9.97 Å². The van der Waals surface area contributed by atoms with Crippen molar-refractivity contribution in [2.45, 2.75) is 46.1 Å². The predicted octanol–water partition coefficient (Wildman–Crippen LogP) is 2.04. The predicted molar refractivity (Wildman–Crippen MR) is 75.0 cm³/mol. The summed E-state index contributed by atoms with van der Waals surface area (Å²) < 4.78 is 0. The number of nitrogens with zero attached hydrogens (tertiary/aromatic N) is 2. The molecule has 5 nitrogen and oxygen atoms in total. The van der Waals surface area contributed by atoms with Crippen LogP contribution >= 0.6 is 0 Å². The van der Waals surface area contributed by atoms with E-state index < -0.39 is 0 Å². The van der Waals surface area contributed by atoms with E-state index in [4.69, 9.17) is 0 Å². The van der Waals surface area contributed by atoms with Gasteiger partial charge in [0.25, 0.3) is 0 Å². The fourth-order valence-electron chi connectivity index (χ4n) is 1.74. The van der Waals surface area contributed by atoms with Gasteiger partial charge in [0, 0.05) is 12.1 Å². The second-order valence-electron chi connectivity index (χ2n) is 4.26. The minimum Gasteiger partial charge on any atom is -0.394 e. The van der Waals surface area contributed by atoms with E-state index in [1.807, 2.05) is 6.92 Å². The fraction of sp³-hybridized carbons (Fsp3) is 0.692. The Morgan fingerprint density at radius 2 is 1.94 bits per heavy atom. The number of aliphatic hydroxyl groups is 1. The minimum absolute atomic E-state index is 0.0456. The standard InChI is InChI=1S/C13H24N4O/c1-4-7-14-12-11(6-3)13(16-9-15-12)17-10(5-2)8-18/h9-10,18H,4-8H2,1-3H3,(H2,14,15,16,17). The number of hydrogen-bond acceptors (Lipinski definition) is 5. The van der Waals surface area contributed by atoms with Crippen LogP contribution in [0.3, 0.4) is 0 Å². The lowest BCUT2D eigenvalue weighted by atomic mass is 10.2. The van der Waals surface area contributed by atoms with Gasteiger partial charge in [0.1, 0.15) is 18.0 Å². The molecule has 1 aromatic heterocycles. The molecule has 0 bridgehead atoms. The molecular formula is C13H24N4O. The maximum Gasteiger partial charge on any atom is 0.135 e. The van der Waals surface area contributed by atoms with Crippen molar-refractivity contribution < 1.29 is 5.11 Å². The molecule has 0 radical (unpaired) electrons. The Morgan fingerprint density at radius 3 is 2.50 bits per heavy atom. The summed E-state index contributed by atoms with van der Waals surface area (Å²) in [4.78, 5) is 8.56. The van der Waals surface area contributed by atoms with Gasteiger partial charge in [-0.3, -0.25) is 0 Å². The van der Waals surface area contributed by atoms with Gasteiger partial charge in [0.05, 0.1) is 12.6 Å². The van der Waals surface area contributed by atoms with Crippen molar-refractivity contribution in [2.75, 3.05) is 23.8 Å². The van der Waals surface area contributed by atoms with Crippen molar-refractivity contribution in [3.63, 3.8) is 0 Å². The minimum atomic E-state index is 0.0456. The van der Waals surface area contributed by atoms with Crippen molar-refractivity contribution in [3.05, 3.63) is 11.9 Å². The summed E-state index contributed by atoms with van der Waals surface area (Å²) in [5, 5.41) is 15.8. The molecule has 18 heavy (non-hydrogen) atoms. The molecular weight excluding hydrogens is 228 g/mol. The normalized spacial score (nSPS) is 12.2. The monoisotopic (exact) mass is 252 g/mol. The first-order chi connectivity index (χ1) is 8.76. The summed E-state index contributed by atoms with van der Waals surface area (Å²) in [5.74, 6) is 1.72. The Morgan fingerprint density at radius 1 is 1.22 bits per heavy atom. The third-order valence-electron chi connectivity index (χ3n) is 2.90. The number of aromatic nitrogens is 2. The number of aliphatic hydroxyl groups excluding tert-OH is 1. The first-order valence-electron chi connectivity index (χ1n) is 6.71. The van der Waals surface area contributed by atoms with Gasteiger partial charge in [-0.2, -0.15) is 0 Å². The van der Waals surface area contributed by atoms with E-state index in [-0.39, 0.29) is 12.6 Å². The largest absolute Gasteiger partial charge is 0.394 e. The number of rotatable bonds is 8. The maximum absolute atomic E-state index is 9.24. The van der Waals surface area contributed by atoms with Crippen LogP contribution in [0, 0.1) is 0 Å². The van der Waals surface area contributed by atoms with Crippen LogP contribution in [0.5, 0.6) is 0 Å². The third kappa shape index (κ3) is 3.84. The molecule has 0 fully saturated rings. The van der Waals surface area contributed by atoms with Crippen molar-refractivity contribution >= 4 is 11.6 Å². The van der Waals surface area contributed by atoms with E-state index in [9.17, 15) is 5.11 Å². The zero-order valence-electron chi connectivity index (χ0n) is 11.5. The van der Waals surface area contributed by atoms with Crippen molar-refractivity contribution in [3.8, 4) is 0 Å². The van der Waals surface area contributed by atoms with Crippen molar-refractivity contribution in [1.29, 1.82) is 0 Å². The molecule has 5 heteroatoms. The molecule has 0 aliphatic carbocycles. The first kappa shape index (κ1) is 14.7. The molecule has 0 aromatic carbocycles. The smallest absolute Gasteiger partial charge is 0.135 e. The van der Waals surface area contributed by atoms with Crippen LogP contribution in [0.2, 0.25) is 0 Å². The molecule has 1 rings (SSSR count). The first-order valence-corrected chi connectivity index (χ1v) is 6.71. The Hall–Kier alpha value is -1.36. The topological polar surface area (TPSA) is 70.1 Å². The van der Waals surface area contributed by atoms with E-state index in [0.717, 1.165) is 43.0 Å². The van der Waals surface area contributed by atoms with Crippen LogP contribution in [0.4, 0.5) is 11.6 Å². The lowest BCUT2D eigenvalue weighted by Gasteiger charge is -2.18. The average Bonchev–Trinajstić information content (AvgIpc) is 2.42. The lowest BCUT2D eigenvalue weighted by molar-refractivity contribution is 0.271. The molecule has 1 unspecified atom stereocenters. The van der Waals surface area contributed by atoms with Gasteiger partial charge >= 0.3 is 0 Å². The number of nitrogens with one attached hydrogen (secondary N) is 2. The molecule has 0 saturated carbocycles. The summed E-state index contributed by atoms with van der Waals surface area (Å²) in [6, 6.07) is 0.0456. The van der Waals surface area contributed by atoms with Crippen molar-refractivity contribution in [2.24, 2.45) is 0 Å². The quantitative estimate of drug-likeness (QED) is 0.660. The van der Waals surface area contributed by atoms with Crippen LogP contribution in [-0.4, -0.2) is 34.3 Å². The van der Waals surface area contributed by atoms with Gasteiger partial charge < -0.3 is 15.7 Å². The third-order valence-corrected chi connectivity index (χ3v) is 2.90. The van der Waals surface area contributed by atoms with Gasteiger partial charge in [-0.15, -0.1) is 0 Å². The van der Waals surface area contributed by atoms with Gasteiger partial charge in [-0.05, 0) is 19.3 Å². The van der Waals surface area contributed by atoms with Gasteiger partial charge in [0.2, 0.25) is 0 Å². The molecule has 0 aliphatic rings. The summed E-state index contributed by atoms with van der Waals surface area (Å²) in [6.07, 6.45) is 4.34. The van der Waals surface area contributed by atoms with E-state index in [1.54, 1.807) is 6.33 Å². The summed E-state index contributed by atoms with van der Waals surface area (Å²) in [5.41, 5.74) is 1.08. The van der Waals surface area contributed by atoms with Crippen LogP contribution in [0.15, 0.2) is 6.33 Å². The van der Waals surface area contributed by atoms with Crippen LogP contribution < -0.4 is 10.6 Å². The number of hydrogen-bond donors (Lipinski definition) is 3. The van der Waals surface area contributed by atoms with E-state index in [0.29, 0.717) is 0 Å². The van der Waals surface area contributed by atoms with Gasteiger partial charge in [-0.1, -0.05) is 20.8 Å².